The van der Waals surface area contributed by atoms with Gasteiger partial charge in [-0.2, -0.15) is 0 Å². The Morgan fingerprint density at radius 1 is 1.24 bits per heavy atom. The van der Waals surface area contributed by atoms with Crippen molar-refractivity contribution < 1.29 is 19.4 Å². The Kier molecular flexibility index (Phi) is 5.43. The number of carbonyl (C=O) groups is 1. The molecule has 0 aliphatic rings. The number of methoxy groups -OCH3 is 1. The third kappa shape index (κ3) is 3.87. The fraction of sp³-hybridized carbons (Fsp3) is 0.167. The summed E-state index contributed by atoms with van der Waals surface area (Å²) in [4.78, 5) is 12.9. The van der Waals surface area contributed by atoms with E-state index in [2.05, 4.69) is 5.32 Å². The van der Waals surface area contributed by atoms with E-state index >= 15 is 0 Å². The summed E-state index contributed by atoms with van der Waals surface area (Å²) < 4.78 is 11.4. The topological polar surface area (TPSA) is 67.8 Å². The summed E-state index contributed by atoms with van der Waals surface area (Å²) in [5.41, 5.74) is 0.436. The van der Waals surface area contributed by atoms with E-state index in [0.717, 1.165) is 4.70 Å². The van der Waals surface area contributed by atoms with Gasteiger partial charge in [0.15, 0.2) is 0 Å². The number of carbonyl (C=O) groups excluding carboxylic acids is 1. The third-order valence-corrected chi connectivity index (χ3v) is 4.90. The summed E-state index contributed by atoms with van der Waals surface area (Å²) in [6.45, 7) is 0.766. The van der Waals surface area contributed by atoms with Crippen LogP contribution < -0.4 is 10.1 Å². The molecule has 25 heavy (non-hydrogen) atoms. The molecule has 1 heterocycles. The first kappa shape index (κ1) is 17.5. The van der Waals surface area contributed by atoms with Crippen molar-refractivity contribution in [1.82, 2.24) is 0 Å². The number of thiophene rings is 1. The molecule has 0 atom stereocenters. The zero-order chi connectivity index (χ0) is 17.8. The van der Waals surface area contributed by atoms with Gasteiger partial charge in [0.1, 0.15) is 23.0 Å². The first-order valence-corrected chi connectivity index (χ1v) is 8.72. The van der Waals surface area contributed by atoms with Gasteiger partial charge in [0.05, 0.1) is 12.3 Å². The highest BCUT2D eigenvalue weighted by Gasteiger charge is 2.19. The van der Waals surface area contributed by atoms with Crippen LogP contribution >= 0.6 is 22.9 Å². The fourth-order valence-electron chi connectivity index (χ4n) is 2.33. The molecule has 0 bridgehead atoms. The number of aromatic hydroxyl groups is 1. The van der Waals surface area contributed by atoms with E-state index in [-0.39, 0.29) is 10.6 Å². The van der Waals surface area contributed by atoms with Crippen molar-refractivity contribution in [3.8, 4) is 11.5 Å². The molecule has 7 heteroatoms. The summed E-state index contributed by atoms with van der Waals surface area (Å²) in [7, 11) is 1.58. The molecule has 1 aromatic heterocycles. The monoisotopic (exact) mass is 377 g/mol. The van der Waals surface area contributed by atoms with Crippen LogP contribution in [-0.4, -0.2) is 31.3 Å². The van der Waals surface area contributed by atoms with Crippen LogP contribution in [0.25, 0.3) is 10.1 Å². The summed E-state index contributed by atoms with van der Waals surface area (Å²) in [6, 6.07) is 12.3. The number of halogens is 1. The molecule has 0 saturated carbocycles. The predicted octanol–water partition coefficient (Wildman–Crippen LogP) is 4.54. The Morgan fingerprint density at radius 3 is 2.80 bits per heavy atom. The molecule has 1 amide bonds. The highest BCUT2D eigenvalue weighted by molar-refractivity contribution is 7.21. The van der Waals surface area contributed by atoms with Crippen LogP contribution in [0.1, 0.15) is 9.67 Å². The average molecular weight is 378 g/mol. The molecule has 0 aliphatic heterocycles. The quantitative estimate of drug-likeness (QED) is 0.619. The van der Waals surface area contributed by atoms with Crippen LogP contribution in [0.3, 0.4) is 0 Å². The Bertz CT molecular complexity index is 909. The number of rotatable bonds is 6. The van der Waals surface area contributed by atoms with Gasteiger partial charge in [-0.25, -0.2) is 0 Å². The molecule has 0 unspecified atom stereocenters. The second-order valence-corrected chi connectivity index (χ2v) is 6.70. The Morgan fingerprint density at radius 2 is 2.04 bits per heavy atom. The van der Waals surface area contributed by atoms with E-state index < -0.39 is 5.91 Å². The van der Waals surface area contributed by atoms with Gasteiger partial charge in [0.25, 0.3) is 5.91 Å². The molecule has 5 nitrogen and oxygen atoms in total. The van der Waals surface area contributed by atoms with Gasteiger partial charge in [-0.3, -0.25) is 4.79 Å². The van der Waals surface area contributed by atoms with Gasteiger partial charge in [-0.15, -0.1) is 11.3 Å². The number of ether oxygens (including phenoxy) is 2. The van der Waals surface area contributed by atoms with Crippen molar-refractivity contribution in [1.29, 1.82) is 0 Å². The lowest BCUT2D eigenvalue weighted by Gasteiger charge is -2.12. The zero-order valence-electron chi connectivity index (χ0n) is 13.4. The van der Waals surface area contributed by atoms with Gasteiger partial charge < -0.3 is 19.9 Å². The van der Waals surface area contributed by atoms with Gasteiger partial charge in [-0.1, -0.05) is 23.7 Å². The van der Waals surface area contributed by atoms with Crippen LogP contribution in [0, 0.1) is 0 Å². The molecule has 130 valence electrons. The lowest BCUT2D eigenvalue weighted by atomic mass is 10.2. The number of hydrogen-bond acceptors (Lipinski definition) is 5. The second-order valence-electron chi connectivity index (χ2n) is 5.21. The van der Waals surface area contributed by atoms with E-state index in [9.17, 15) is 9.90 Å². The van der Waals surface area contributed by atoms with Crippen molar-refractivity contribution in [3.05, 3.63) is 52.4 Å². The van der Waals surface area contributed by atoms with E-state index in [1.54, 1.807) is 31.4 Å². The molecule has 0 fully saturated rings. The van der Waals surface area contributed by atoms with Crippen LogP contribution in [0.2, 0.25) is 5.02 Å². The number of benzene rings is 2. The van der Waals surface area contributed by atoms with Gasteiger partial charge >= 0.3 is 0 Å². The second kappa shape index (κ2) is 7.74. The normalized spacial score (nSPS) is 10.8. The lowest BCUT2D eigenvalue weighted by Crippen LogP contribution is -2.13. The van der Waals surface area contributed by atoms with Crippen molar-refractivity contribution in [3.63, 3.8) is 0 Å². The van der Waals surface area contributed by atoms with Crippen LogP contribution in [0.5, 0.6) is 11.5 Å². The summed E-state index contributed by atoms with van der Waals surface area (Å²) in [6.07, 6.45) is 0. The van der Waals surface area contributed by atoms with Crippen LogP contribution in [0.4, 0.5) is 5.69 Å². The highest BCUT2D eigenvalue weighted by atomic mass is 35.5. The van der Waals surface area contributed by atoms with Crippen LogP contribution in [-0.2, 0) is 4.74 Å². The maximum atomic E-state index is 12.6. The average Bonchev–Trinajstić information content (AvgIpc) is 2.94. The van der Waals surface area contributed by atoms with E-state index in [4.69, 9.17) is 21.1 Å². The standard InChI is InChI=1S/C18H16ClNO4S/c1-23-8-9-24-14-7-6-11(19)10-13(14)20-18(22)17-16(21)12-4-2-3-5-15(12)25-17/h2-7,10,21H,8-9H2,1H3,(H,20,22). The number of fused-ring (bicyclic) bond motifs is 1. The minimum absolute atomic E-state index is 0.0259. The molecule has 0 spiro atoms. The van der Waals surface area contributed by atoms with Crippen molar-refractivity contribution in [2.75, 3.05) is 25.6 Å². The zero-order valence-corrected chi connectivity index (χ0v) is 15.0. The third-order valence-electron chi connectivity index (χ3n) is 3.51. The number of hydrogen-bond donors (Lipinski definition) is 2. The Labute approximate surface area is 153 Å². The summed E-state index contributed by atoms with van der Waals surface area (Å²) in [5, 5.41) is 14.2. The molecule has 0 saturated heterocycles. The van der Waals surface area contributed by atoms with Crippen molar-refractivity contribution in [2.24, 2.45) is 0 Å². The Balaban J connectivity index is 1.86. The summed E-state index contributed by atoms with van der Waals surface area (Å²) in [5.74, 6) is 0.0370. The highest BCUT2D eigenvalue weighted by Crippen LogP contribution is 2.37. The maximum Gasteiger partial charge on any atom is 0.269 e. The maximum absolute atomic E-state index is 12.6. The Hall–Kier alpha value is -2.28. The van der Waals surface area contributed by atoms with Crippen molar-refractivity contribution >= 4 is 44.6 Å². The van der Waals surface area contributed by atoms with Gasteiger partial charge in [0.2, 0.25) is 0 Å². The van der Waals surface area contributed by atoms with Crippen LogP contribution in [0.15, 0.2) is 42.5 Å². The number of amides is 1. The molecular weight excluding hydrogens is 362 g/mol. The van der Waals surface area contributed by atoms with Gasteiger partial charge in [-0.05, 0) is 30.3 Å². The predicted molar refractivity (Wildman–Crippen MR) is 100 cm³/mol. The number of nitrogens with one attached hydrogen (secondary N) is 1. The minimum atomic E-state index is -0.419. The molecule has 3 aromatic rings. The molecule has 0 radical (unpaired) electrons. The van der Waals surface area contributed by atoms with Crippen molar-refractivity contribution in [2.45, 2.75) is 0 Å². The lowest BCUT2D eigenvalue weighted by molar-refractivity contribution is 0.102. The smallest absolute Gasteiger partial charge is 0.269 e. The minimum Gasteiger partial charge on any atom is -0.506 e. The van der Waals surface area contributed by atoms with E-state index in [1.807, 2.05) is 18.2 Å². The summed E-state index contributed by atoms with van der Waals surface area (Å²) >= 11 is 7.25. The molecule has 3 rings (SSSR count). The fourth-order valence-corrected chi connectivity index (χ4v) is 3.49. The molecule has 2 N–H and O–H groups in total. The molecule has 2 aromatic carbocycles. The first-order chi connectivity index (χ1) is 12.1. The van der Waals surface area contributed by atoms with E-state index in [0.29, 0.717) is 35.1 Å². The number of anilines is 1. The molecule has 0 aliphatic carbocycles. The first-order valence-electron chi connectivity index (χ1n) is 7.53. The SMILES string of the molecule is COCCOc1ccc(Cl)cc1NC(=O)c1sc2ccccc2c1O. The largest absolute Gasteiger partial charge is 0.506 e. The van der Waals surface area contributed by atoms with E-state index in [1.165, 1.54) is 11.3 Å². The molecular formula is C18H16ClNO4S. The van der Waals surface area contributed by atoms with Gasteiger partial charge in [0, 0.05) is 22.2 Å².